The first kappa shape index (κ1) is 25.1. The molecular formula is C28H32Cl2N4O2. The number of carbonyl (C=O) groups excluding carboxylic acids is 1. The average molecular weight is 527 g/mol. The van der Waals surface area contributed by atoms with Crippen molar-refractivity contribution in [2.75, 3.05) is 36.5 Å². The van der Waals surface area contributed by atoms with Gasteiger partial charge in [0.25, 0.3) is 5.91 Å². The van der Waals surface area contributed by atoms with Crippen molar-refractivity contribution < 1.29 is 9.53 Å². The lowest BCUT2D eigenvalue weighted by Crippen LogP contribution is -2.46. The number of rotatable bonds is 6. The molecule has 1 amide bonds. The molecule has 1 N–H and O–H groups in total. The molecule has 190 valence electrons. The van der Waals surface area contributed by atoms with Crippen LogP contribution in [0.4, 0.5) is 11.5 Å². The number of likely N-dealkylation sites (tertiary alicyclic amines) is 1. The van der Waals surface area contributed by atoms with Crippen LogP contribution in [-0.2, 0) is 4.79 Å². The molecule has 1 aromatic heterocycles. The van der Waals surface area contributed by atoms with E-state index in [0.717, 1.165) is 41.4 Å². The molecule has 1 atom stereocenters. The molecule has 0 spiro atoms. The number of nitrogens with one attached hydrogen (secondary N) is 1. The number of fused-ring (bicyclic) bond motifs is 1. The number of nitrogens with zero attached hydrogens (tertiary/aromatic N) is 3. The molecule has 0 aliphatic carbocycles. The molecule has 8 heteroatoms. The summed E-state index contributed by atoms with van der Waals surface area (Å²) in [6.45, 7) is 7.64. The molecule has 0 unspecified atom stereocenters. The summed E-state index contributed by atoms with van der Waals surface area (Å²) >= 11 is 12.0. The third-order valence-corrected chi connectivity index (χ3v) is 7.93. The summed E-state index contributed by atoms with van der Waals surface area (Å²) in [5, 5.41) is 4.81. The Balaban J connectivity index is 1.22. The Morgan fingerprint density at radius 3 is 2.61 bits per heavy atom. The van der Waals surface area contributed by atoms with Gasteiger partial charge in [0.05, 0.1) is 10.5 Å². The minimum absolute atomic E-state index is 0.151. The lowest BCUT2D eigenvalue weighted by atomic mass is 10.0. The highest BCUT2D eigenvalue weighted by Crippen LogP contribution is 2.30. The van der Waals surface area contributed by atoms with Crippen LogP contribution in [-0.4, -0.2) is 54.1 Å². The van der Waals surface area contributed by atoms with E-state index < -0.39 is 0 Å². The largest absolute Gasteiger partial charge is 0.482 e. The zero-order chi connectivity index (χ0) is 25.2. The number of hydrogen-bond donors (Lipinski definition) is 1. The van der Waals surface area contributed by atoms with Crippen LogP contribution < -0.4 is 15.0 Å². The van der Waals surface area contributed by atoms with Gasteiger partial charge in [0.2, 0.25) is 0 Å². The van der Waals surface area contributed by atoms with E-state index in [9.17, 15) is 4.79 Å². The number of hydrogen-bond acceptors (Lipinski definition) is 5. The molecular weight excluding hydrogens is 495 g/mol. The summed E-state index contributed by atoms with van der Waals surface area (Å²) in [6.07, 6.45) is 5.05. The SMILES string of the molecule is Cc1cc(N2CCC(N3CCC[C@H]3C)CC2)nc2ccc(NC(=O)COc3ccc(Cl)cc3Cl)cc12. The number of benzene rings is 2. The minimum atomic E-state index is -0.266. The number of ether oxygens (including phenoxy) is 1. The summed E-state index contributed by atoms with van der Waals surface area (Å²) < 4.78 is 5.54. The molecule has 5 rings (SSSR count). The quantitative estimate of drug-likeness (QED) is 0.407. The molecule has 2 aliphatic heterocycles. The van der Waals surface area contributed by atoms with Crippen LogP contribution in [0.5, 0.6) is 5.75 Å². The predicted octanol–water partition coefficient (Wildman–Crippen LogP) is 6.32. The Morgan fingerprint density at radius 1 is 1.08 bits per heavy atom. The van der Waals surface area contributed by atoms with Crippen molar-refractivity contribution in [2.24, 2.45) is 0 Å². The van der Waals surface area contributed by atoms with Crippen LogP contribution in [0.1, 0.15) is 38.2 Å². The monoisotopic (exact) mass is 526 g/mol. The first-order valence-electron chi connectivity index (χ1n) is 12.7. The van der Waals surface area contributed by atoms with Crippen molar-refractivity contribution in [1.29, 1.82) is 0 Å². The number of aromatic nitrogens is 1. The second kappa shape index (κ2) is 10.8. The maximum Gasteiger partial charge on any atom is 0.262 e. The highest BCUT2D eigenvalue weighted by Gasteiger charge is 2.30. The number of piperidine rings is 1. The highest BCUT2D eigenvalue weighted by atomic mass is 35.5. The summed E-state index contributed by atoms with van der Waals surface area (Å²) in [5.41, 5.74) is 2.78. The van der Waals surface area contributed by atoms with E-state index in [0.29, 0.717) is 27.5 Å². The van der Waals surface area contributed by atoms with Gasteiger partial charge < -0.3 is 15.0 Å². The first-order chi connectivity index (χ1) is 17.4. The molecule has 0 bridgehead atoms. The standard InChI is InChI=1S/C28H32Cl2N4O2/c1-18-14-27(33-12-9-22(10-13-33)34-11-3-4-19(34)2)32-25-7-6-21(16-23(18)25)31-28(35)17-36-26-8-5-20(29)15-24(26)30/h5-8,14-16,19,22H,3-4,9-13,17H2,1-2H3,(H,31,35)/t19-/m1/s1. The molecule has 36 heavy (non-hydrogen) atoms. The van der Waals surface area contributed by atoms with Gasteiger partial charge in [0.1, 0.15) is 11.6 Å². The third-order valence-electron chi connectivity index (χ3n) is 7.40. The van der Waals surface area contributed by atoms with Gasteiger partial charge in [-0.1, -0.05) is 23.2 Å². The Morgan fingerprint density at radius 2 is 1.89 bits per heavy atom. The average Bonchev–Trinajstić information content (AvgIpc) is 3.29. The van der Waals surface area contributed by atoms with Crippen LogP contribution in [0.15, 0.2) is 42.5 Å². The van der Waals surface area contributed by atoms with Crippen molar-refractivity contribution >= 4 is 51.5 Å². The van der Waals surface area contributed by atoms with Crippen molar-refractivity contribution in [2.45, 2.75) is 51.6 Å². The maximum absolute atomic E-state index is 12.5. The number of carbonyl (C=O) groups is 1. The van der Waals surface area contributed by atoms with E-state index >= 15 is 0 Å². The first-order valence-corrected chi connectivity index (χ1v) is 13.4. The van der Waals surface area contributed by atoms with Gasteiger partial charge in [-0.05, 0) is 94.1 Å². The van der Waals surface area contributed by atoms with Crippen molar-refractivity contribution in [1.82, 2.24) is 9.88 Å². The number of pyridine rings is 1. The normalized spacial score (nSPS) is 19.1. The summed E-state index contributed by atoms with van der Waals surface area (Å²) in [7, 11) is 0. The lowest BCUT2D eigenvalue weighted by Gasteiger charge is -2.39. The van der Waals surface area contributed by atoms with Gasteiger partial charge in [-0.2, -0.15) is 0 Å². The Kier molecular flexibility index (Phi) is 7.56. The van der Waals surface area contributed by atoms with E-state index in [1.54, 1.807) is 18.2 Å². The van der Waals surface area contributed by atoms with E-state index in [4.69, 9.17) is 32.9 Å². The fourth-order valence-corrected chi connectivity index (χ4v) is 5.94. The second-order valence-corrected chi connectivity index (χ2v) is 10.7. The minimum Gasteiger partial charge on any atom is -0.482 e. The predicted molar refractivity (Wildman–Crippen MR) is 148 cm³/mol. The summed E-state index contributed by atoms with van der Waals surface area (Å²) in [4.78, 5) is 22.5. The second-order valence-electron chi connectivity index (χ2n) is 9.89. The molecule has 3 heterocycles. The van der Waals surface area contributed by atoms with Gasteiger partial charge in [-0.25, -0.2) is 4.98 Å². The van der Waals surface area contributed by atoms with Crippen LogP contribution in [0.2, 0.25) is 10.0 Å². The zero-order valence-corrected chi connectivity index (χ0v) is 22.3. The molecule has 3 aromatic rings. The van der Waals surface area contributed by atoms with Gasteiger partial charge in [0, 0.05) is 41.3 Å². The van der Waals surface area contributed by atoms with Crippen LogP contribution in [0, 0.1) is 6.92 Å². The molecule has 2 aliphatic rings. The smallest absolute Gasteiger partial charge is 0.262 e. The zero-order valence-electron chi connectivity index (χ0n) is 20.8. The lowest BCUT2D eigenvalue weighted by molar-refractivity contribution is -0.118. The van der Waals surface area contributed by atoms with E-state index in [-0.39, 0.29) is 12.5 Å². The third kappa shape index (κ3) is 5.56. The fourth-order valence-electron chi connectivity index (χ4n) is 5.47. The van der Waals surface area contributed by atoms with Gasteiger partial charge in [-0.15, -0.1) is 0 Å². The Hall–Kier alpha value is -2.54. The van der Waals surface area contributed by atoms with E-state index in [2.05, 4.69) is 35.0 Å². The molecule has 2 fully saturated rings. The fraction of sp³-hybridized carbons (Fsp3) is 0.429. The number of halogens is 2. The van der Waals surface area contributed by atoms with E-state index in [1.807, 2.05) is 18.2 Å². The maximum atomic E-state index is 12.5. The van der Waals surface area contributed by atoms with Crippen LogP contribution in [0.3, 0.4) is 0 Å². The van der Waals surface area contributed by atoms with Gasteiger partial charge >= 0.3 is 0 Å². The van der Waals surface area contributed by atoms with Gasteiger partial charge in [0.15, 0.2) is 6.61 Å². The number of anilines is 2. The summed E-state index contributed by atoms with van der Waals surface area (Å²) in [5.74, 6) is 1.19. The van der Waals surface area contributed by atoms with Crippen molar-refractivity contribution in [3.63, 3.8) is 0 Å². The number of aryl methyl sites for hydroxylation is 1. The van der Waals surface area contributed by atoms with Gasteiger partial charge in [-0.3, -0.25) is 9.69 Å². The Bertz CT molecular complexity index is 1260. The molecule has 2 saturated heterocycles. The molecule has 0 saturated carbocycles. The van der Waals surface area contributed by atoms with Crippen molar-refractivity contribution in [3.05, 3.63) is 58.1 Å². The highest BCUT2D eigenvalue weighted by molar-refractivity contribution is 6.35. The number of amides is 1. The van der Waals surface area contributed by atoms with E-state index in [1.165, 1.54) is 32.2 Å². The van der Waals surface area contributed by atoms with Crippen LogP contribution >= 0.6 is 23.2 Å². The summed E-state index contributed by atoms with van der Waals surface area (Å²) in [6, 6.07) is 14.3. The molecule has 6 nitrogen and oxygen atoms in total. The molecule has 0 radical (unpaired) electrons. The Labute approximate surface area is 222 Å². The topological polar surface area (TPSA) is 57.7 Å². The van der Waals surface area contributed by atoms with Crippen molar-refractivity contribution in [3.8, 4) is 5.75 Å². The van der Waals surface area contributed by atoms with Crippen LogP contribution in [0.25, 0.3) is 10.9 Å². The molecule has 2 aromatic carbocycles.